The van der Waals surface area contributed by atoms with Gasteiger partial charge in [-0.1, -0.05) is 15.9 Å². The van der Waals surface area contributed by atoms with Crippen molar-refractivity contribution in [1.29, 1.82) is 0 Å². The second-order valence-corrected chi connectivity index (χ2v) is 4.42. The van der Waals surface area contributed by atoms with Gasteiger partial charge in [-0.3, -0.25) is 4.79 Å². The first-order valence-electron chi connectivity index (χ1n) is 3.44. The highest BCUT2D eigenvalue weighted by atomic mass is 79.9. The number of anilines is 1. The van der Waals surface area contributed by atoms with Gasteiger partial charge in [0.05, 0.1) is 12.1 Å². The number of amides is 1. The van der Waals surface area contributed by atoms with Crippen molar-refractivity contribution >= 4 is 43.5 Å². The molecule has 12 heavy (non-hydrogen) atoms. The molecule has 1 N–H and O–H groups in total. The Bertz CT molecular complexity index is 362. The van der Waals surface area contributed by atoms with E-state index in [1.54, 1.807) is 0 Å². The fourth-order valence-corrected chi connectivity index (χ4v) is 2.68. The Labute approximate surface area is 86.6 Å². The van der Waals surface area contributed by atoms with E-state index in [1.165, 1.54) is 0 Å². The fraction of sp³-hybridized carbons (Fsp3) is 0.125. The predicted octanol–water partition coefficient (Wildman–Crippen LogP) is 2.71. The first-order valence-corrected chi connectivity index (χ1v) is 5.03. The summed E-state index contributed by atoms with van der Waals surface area (Å²) in [6, 6.07) is 3.88. The number of carbonyl (C=O) groups excluding carboxylic acids is 1. The molecule has 1 amide bonds. The molecule has 0 spiro atoms. The Morgan fingerprint density at radius 3 is 2.83 bits per heavy atom. The minimum absolute atomic E-state index is 0.0591. The lowest BCUT2D eigenvalue weighted by molar-refractivity contribution is -0.115. The minimum atomic E-state index is 0.0591. The van der Waals surface area contributed by atoms with Crippen molar-refractivity contribution in [2.75, 3.05) is 5.32 Å². The average Bonchev–Trinajstić information content (AvgIpc) is 2.29. The maximum Gasteiger partial charge on any atom is 0.228 e. The van der Waals surface area contributed by atoms with Crippen LogP contribution < -0.4 is 5.32 Å². The largest absolute Gasteiger partial charge is 0.325 e. The van der Waals surface area contributed by atoms with E-state index in [2.05, 4.69) is 37.2 Å². The van der Waals surface area contributed by atoms with Gasteiger partial charge in [0, 0.05) is 8.95 Å². The number of benzene rings is 1. The summed E-state index contributed by atoms with van der Waals surface area (Å²) in [5.41, 5.74) is 1.95. The quantitative estimate of drug-likeness (QED) is 0.782. The molecule has 62 valence electrons. The summed E-state index contributed by atoms with van der Waals surface area (Å²) >= 11 is 6.75. The number of nitrogens with one attached hydrogen (secondary N) is 1. The van der Waals surface area contributed by atoms with Gasteiger partial charge in [-0.2, -0.15) is 0 Å². The summed E-state index contributed by atoms with van der Waals surface area (Å²) in [5, 5.41) is 2.79. The van der Waals surface area contributed by atoms with E-state index in [9.17, 15) is 4.79 Å². The molecule has 4 heteroatoms. The molecule has 0 radical (unpaired) electrons. The SMILES string of the molecule is O=C1Cc2cc(Br)cc(Br)c2N1. The molecule has 1 aliphatic heterocycles. The van der Waals surface area contributed by atoms with Crippen LogP contribution in [0.4, 0.5) is 5.69 Å². The molecule has 1 aromatic rings. The van der Waals surface area contributed by atoms with Crippen LogP contribution in [0.5, 0.6) is 0 Å². The Kier molecular flexibility index (Phi) is 1.96. The first-order chi connectivity index (χ1) is 5.66. The van der Waals surface area contributed by atoms with Crippen molar-refractivity contribution in [2.45, 2.75) is 6.42 Å². The van der Waals surface area contributed by atoms with Gasteiger partial charge < -0.3 is 5.32 Å². The molecule has 2 rings (SSSR count). The third-order valence-corrected chi connectivity index (χ3v) is 2.84. The number of carbonyl (C=O) groups is 1. The zero-order chi connectivity index (χ0) is 8.72. The van der Waals surface area contributed by atoms with Crippen molar-refractivity contribution in [3.05, 3.63) is 26.6 Å². The number of rotatable bonds is 0. The van der Waals surface area contributed by atoms with E-state index in [0.29, 0.717) is 6.42 Å². The first kappa shape index (κ1) is 8.26. The van der Waals surface area contributed by atoms with Crippen LogP contribution in [0, 0.1) is 0 Å². The van der Waals surface area contributed by atoms with E-state index in [4.69, 9.17) is 0 Å². The molecule has 0 aromatic heterocycles. The van der Waals surface area contributed by atoms with E-state index < -0.39 is 0 Å². The van der Waals surface area contributed by atoms with Crippen LogP contribution >= 0.6 is 31.9 Å². The normalized spacial score (nSPS) is 14.3. The van der Waals surface area contributed by atoms with Crippen LogP contribution in [0.1, 0.15) is 5.56 Å². The molecule has 0 saturated heterocycles. The van der Waals surface area contributed by atoms with Crippen LogP contribution in [0.25, 0.3) is 0 Å². The van der Waals surface area contributed by atoms with Crippen molar-refractivity contribution in [2.24, 2.45) is 0 Å². The zero-order valence-corrected chi connectivity index (χ0v) is 9.20. The van der Waals surface area contributed by atoms with Gasteiger partial charge in [0.25, 0.3) is 0 Å². The van der Waals surface area contributed by atoms with E-state index >= 15 is 0 Å². The topological polar surface area (TPSA) is 29.1 Å². The number of hydrogen-bond acceptors (Lipinski definition) is 1. The summed E-state index contributed by atoms with van der Waals surface area (Å²) in [6.07, 6.45) is 0.480. The molecule has 0 aliphatic carbocycles. The van der Waals surface area contributed by atoms with Crippen molar-refractivity contribution in [3.63, 3.8) is 0 Å². The lowest BCUT2D eigenvalue weighted by Gasteiger charge is -2.01. The summed E-state index contributed by atoms with van der Waals surface area (Å²) in [4.78, 5) is 11.0. The third-order valence-electron chi connectivity index (χ3n) is 1.75. The predicted molar refractivity (Wildman–Crippen MR) is 54.2 cm³/mol. The third kappa shape index (κ3) is 1.29. The number of hydrogen-bond donors (Lipinski definition) is 1. The molecule has 0 fully saturated rings. The van der Waals surface area contributed by atoms with Gasteiger partial charge in [0.15, 0.2) is 0 Å². The van der Waals surface area contributed by atoms with E-state index in [0.717, 1.165) is 20.2 Å². The molecule has 0 bridgehead atoms. The molecule has 1 aromatic carbocycles. The zero-order valence-electron chi connectivity index (χ0n) is 6.03. The van der Waals surface area contributed by atoms with Crippen LogP contribution in [-0.2, 0) is 11.2 Å². The van der Waals surface area contributed by atoms with Crippen LogP contribution in [0.2, 0.25) is 0 Å². The fourth-order valence-electron chi connectivity index (χ4n) is 1.26. The minimum Gasteiger partial charge on any atom is -0.325 e. The van der Waals surface area contributed by atoms with E-state index in [-0.39, 0.29) is 5.91 Å². The number of halogens is 2. The maximum absolute atomic E-state index is 11.0. The summed E-state index contributed by atoms with van der Waals surface area (Å²) in [6.45, 7) is 0. The monoisotopic (exact) mass is 289 g/mol. The Morgan fingerprint density at radius 1 is 1.33 bits per heavy atom. The van der Waals surface area contributed by atoms with E-state index in [1.807, 2.05) is 12.1 Å². The van der Waals surface area contributed by atoms with Crippen molar-refractivity contribution < 1.29 is 4.79 Å². The van der Waals surface area contributed by atoms with Gasteiger partial charge in [-0.05, 0) is 33.6 Å². The van der Waals surface area contributed by atoms with Gasteiger partial charge in [-0.15, -0.1) is 0 Å². The lowest BCUT2D eigenvalue weighted by Crippen LogP contribution is -2.03. The summed E-state index contributed by atoms with van der Waals surface area (Å²) in [7, 11) is 0. The molecule has 1 heterocycles. The van der Waals surface area contributed by atoms with Gasteiger partial charge in [0.2, 0.25) is 5.91 Å². The molecule has 0 saturated carbocycles. The number of fused-ring (bicyclic) bond motifs is 1. The standard InChI is InChI=1S/C8H5Br2NO/c9-5-1-4-2-7(12)11-8(4)6(10)3-5/h1,3H,2H2,(H,11,12). The second-order valence-electron chi connectivity index (χ2n) is 2.65. The van der Waals surface area contributed by atoms with Gasteiger partial charge in [-0.25, -0.2) is 0 Å². The Morgan fingerprint density at radius 2 is 2.08 bits per heavy atom. The maximum atomic E-state index is 11.0. The van der Waals surface area contributed by atoms with Gasteiger partial charge in [0.1, 0.15) is 0 Å². The van der Waals surface area contributed by atoms with Crippen molar-refractivity contribution in [1.82, 2.24) is 0 Å². The highest BCUT2D eigenvalue weighted by Gasteiger charge is 2.20. The summed E-state index contributed by atoms with van der Waals surface area (Å²) < 4.78 is 1.92. The lowest BCUT2D eigenvalue weighted by atomic mass is 10.2. The molecular weight excluding hydrogens is 286 g/mol. The molecule has 1 aliphatic rings. The molecule has 2 nitrogen and oxygen atoms in total. The molecule has 0 atom stereocenters. The Hall–Kier alpha value is -0.350. The highest BCUT2D eigenvalue weighted by Crippen LogP contribution is 2.34. The van der Waals surface area contributed by atoms with Crippen LogP contribution in [0.3, 0.4) is 0 Å². The average molecular weight is 291 g/mol. The van der Waals surface area contributed by atoms with Crippen LogP contribution in [-0.4, -0.2) is 5.91 Å². The Balaban J connectivity index is 2.59. The van der Waals surface area contributed by atoms with Crippen LogP contribution in [0.15, 0.2) is 21.1 Å². The van der Waals surface area contributed by atoms with Crippen molar-refractivity contribution in [3.8, 4) is 0 Å². The molecule has 0 unspecified atom stereocenters. The molecular formula is C8H5Br2NO. The smallest absolute Gasteiger partial charge is 0.228 e. The summed E-state index contributed by atoms with van der Waals surface area (Å²) in [5.74, 6) is 0.0591. The van der Waals surface area contributed by atoms with Gasteiger partial charge >= 0.3 is 0 Å². The second kappa shape index (κ2) is 2.85. The highest BCUT2D eigenvalue weighted by molar-refractivity contribution is 9.11.